The molecule has 1 aliphatic rings. The summed E-state index contributed by atoms with van der Waals surface area (Å²) in [6, 6.07) is 9.66. The summed E-state index contributed by atoms with van der Waals surface area (Å²) in [5.41, 5.74) is 2.89. The van der Waals surface area contributed by atoms with Crippen LogP contribution < -0.4 is 10.2 Å². The maximum atomic E-state index is 13.2. The molecule has 3 rings (SSSR count). The second kappa shape index (κ2) is 10.1. The molecule has 0 bridgehead atoms. The summed E-state index contributed by atoms with van der Waals surface area (Å²) in [5, 5.41) is 4.90. The molecular weight excluding hydrogens is 394 g/mol. The topological polar surface area (TPSA) is 52.7 Å². The number of anilines is 2. The number of hydrogen-bond acceptors (Lipinski definition) is 4. The van der Waals surface area contributed by atoms with E-state index in [1.807, 2.05) is 54.7 Å². The minimum atomic E-state index is -0.100. The van der Waals surface area contributed by atoms with Gasteiger partial charge in [-0.25, -0.2) is 0 Å². The highest BCUT2D eigenvalue weighted by Crippen LogP contribution is 2.32. The number of amides is 2. The molecule has 30 heavy (non-hydrogen) atoms. The SMILES string of the molecule is CCC(CC)C(=O)N(Cc1cc(NC(=O)c2cccs2)ccc1N(C)C)CC1CC1. The maximum absolute atomic E-state index is 13.2. The predicted octanol–water partition coefficient (Wildman–Crippen LogP) is 5.24. The first-order valence-corrected chi connectivity index (χ1v) is 11.7. The van der Waals surface area contributed by atoms with Gasteiger partial charge in [0.25, 0.3) is 5.91 Å². The zero-order chi connectivity index (χ0) is 21.7. The van der Waals surface area contributed by atoms with Gasteiger partial charge in [0.2, 0.25) is 5.91 Å². The molecule has 162 valence electrons. The lowest BCUT2D eigenvalue weighted by molar-refractivity contribution is -0.136. The van der Waals surface area contributed by atoms with Crippen molar-refractivity contribution < 1.29 is 9.59 Å². The molecular formula is C24H33N3O2S. The summed E-state index contributed by atoms with van der Waals surface area (Å²) < 4.78 is 0. The minimum absolute atomic E-state index is 0.0771. The maximum Gasteiger partial charge on any atom is 0.265 e. The van der Waals surface area contributed by atoms with Crippen molar-refractivity contribution in [2.45, 2.75) is 46.1 Å². The number of hydrogen-bond donors (Lipinski definition) is 1. The Hall–Kier alpha value is -2.34. The lowest BCUT2D eigenvalue weighted by Gasteiger charge is -2.29. The first kappa shape index (κ1) is 22.3. The van der Waals surface area contributed by atoms with Crippen LogP contribution in [0.4, 0.5) is 11.4 Å². The highest BCUT2D eigenvalue weighted by molar-refractivity contribution is 7.12. The zero-order valence-electron chi connectivity index (χ0n) is 18.5. The third-order valence-electron chi connectivity index (χ3n) is 5.75. The smallest absolute Gasteiger partial charge is 0.265 e. The van der Waals surface area contributed by atoms with Crippen LogP contribution in [0, 0.1) is 11.8 Å². The molecule has 0 aliphatic heterocycles. The summed E-state index contributed by atoms with van der Waals surface area (Å²) in [4.78, 5) is 30.5. The number of nitrogens with zero attached hydrogens (tertiary/aromatic N) is 2. The molecule has 0 spiro atoms. The molecule has 1 fully saturated rings. The first-order valence-electron chi connectivity index (χ1n) is 10.9. The predicted molar refractivity (Wildman–Crippen MR) is 125 cm³/mol. The van der Waals surface area contributed by atoms with Gasteiger partial charge in [-0.1, -0.05) is 19.9 Å². The van der Waals surface area contributed by atoms with Crippen LogP contribution in [0.3, 0.4) is 0 Å². The summed E-state index contributed by atoms with van der Waals surface area (Å²) >= 11 is 1.43. The Balaban J connectivity index is 1.84. The minimum Gasteiger partial charge on any atom is -0.377 e. The van der Waals surface area contributed by atoms with E-state index < -0.39 is 0 Å². The van der Waals surface area contributed by atoms with Gasteiger partial charge < -0.3 is 15.1 Å². The fourth-order valence-corrected chi connectivity index (χ4v) is 4.39. The molecule has 6 heteroatoms. The van der Waals surface area contributed by atoms with Crippen molar-refractivity contribution in [2.24, 2.45) is 11.8 Å². The standard InChI is InChI=1S/C24H33N3O2S/c1-5-18(6-2)24(29)27(15-17-9-10-17)16-19-14-20(11-12-21(19)26(3)4)25-23(28)22-8-7-13-30-22/h7-8,11-14,17-18H,5-6,9-10,15-16H2,1-4H3,(H,25,28). The van der Waals surface area contributed by atoms with Crippen molar-refractivity contribution in [3.05, 3.63) is 46.2 Å². The van der Waals surface area contributed by atoms with Crippen LogP contribution in [0.15, 0.2) is 35.7 Å². The van der Waals surface area contributed by atoms with Crippen LogP contribution in [0.1, 0.15) is 54.8 Å². The van der Waals surface area contributed by atoms with Gasteiger partial charge in [-0.3, -0.25) is 9.59 Å². The molecule has 2 aromatic rings. The Morgan fingerprint density at radius 3 is 2.47 bits per heavy atom. The number of carbonyl (C=O) groups excluding carboxylic acids is 2. The van der Waals surface area contributed by atoms with E-state index >= 15 is 0 Å². The Morgan fingerprint density at radius 1 is 1.17 bits per heavy atom. The van der Waals surface area contributed by atoms with Gasteiger partial charge in [0.05, 0.1) is 4.88 Å². The fourth-order valence-electron chi connectivity index (χ4n) is 3.77. The van der Waals surface area contributed by atoms with E-state index in [4.69, 9.17) is 0 Å². The van der Waals surface area contributed by atoms with Gasteiger partial charge in [-0.2, -0.15) is 0 Å². The largest absolute Gasteiger partial charge is 0.377 e. The molecule has 5 nitrogen and oxygen atoms in total. The van der Waals surface area contributed by atoms with Crippen LogP contribution in [0.5, 0.6) is 0 Å². The quantitative estimate of drug-likeness (QED) is 0.564. The Morgan fingerprint density at radius 2 is 1.90 bits per heavy atom. The monoisotopic (exact) mass is 427 g/mol. The lowest BCUT2D eigenvalue weighted by Crippen LogP contribution is -2.37. The Kier molecular flexibility index (Phi) is 7.53. The Labute approximate surface area is 184 Å². The van der Waals surface area contributed by atoms with Crippen molar-refractivity contribution in [3.63, 3.8) is 0 Å². The molecule has 0 atom stereocenters. The van der Waals surface area contributed by atoms with Gasteiger partial charge in [0.15, 0.2) is 0 Å². The number of thiophene rings is 1. The summed E-state index contributed by atoms with van der Waals surface area (Å²) in [6.45, 7) is 5.58. The van der Waals surface area contributed by atoms with E-state index in [2.05, 4.69) is 24.1 Å². The van der Waals surface area contributed by atoms with E-state index in [1.54, 1.807) is 0 Å². The summed E-state index contributed by atoms with van der Waals surface area (Å²) in [7, 11) is 4.02. The first-order chi connectivity index (χ1) is 14.4. The number of benzene rings is 1. The van der Waals surface area contributed by atoms with Crippen molar-refractivity contribution in [1.29, 1.82) is 0 Å². The van der Waals surface area contributed by atoms with Gasteiger partial charge in [0, 0.05) is 44.5 Å². The second-order valence-corrected chi connectivity index (χ2v) is 9.29. The molecule has 0 unspecified atom stereocenters. The van der Waals surface area contributed by atoms with Crippen LogP contribution in [-0.4, -0.2) is 37.4 Å². The summed E-state index contributed by atoms with van der Waals surface area (Å²) in [5.74, 6) is 0.863. The highest BCUT2D eigenvalue weighted by Gasteiger charge is 2.30. The average molecular weight is 428 g/mol. The molecule has 1 N–H and O–H groups in total. The van der Waals surface area contributed by atoms with E-state index in [0.29, 0.717) is 17.3 Å². The van der Waals surface area contributed by atoms with E-state index in [1.165, 1.54) is 24.2 Å². The van der Waals surface area contributed by atoms with Crippen LogP contribution in [-0.2, 0) is 11.3 Å². The van der Waals surface area contributed by atoms with E-state index in [9.17, 15) is 9.59 Å². The van der Waals surface area contributed by atoms with Crippen LogP contribution in [0.2, 0.25) is 0 Å². The van der Waals surface area contributed by atoms with Gasteiger partial charge in [-0.05, 0) is 66.8 Å². The number of rotatable bonds is 10. The highest BCUT2D eigenvalue weighted by atomic mass is 32.1. The van der Waals surface area contributed by atoms with Gasteiger partial charge in [-0.15, -0.1) is 11.3 Å². The third kappa shape index (κ3) is 5.63. The van der Waals surface area contributed by atoms with E-state index in [0.717, 1.165) is 36.3 Å². The van der Waals surface area contributed by atoms with Crippen LogP contribution >= 0.6 is 11.3 Å². The van der Waals surface area contributed by atoms with Crippen LogP contribution in [0.25, 0.3) is 0 Å². The molecule has 0 radical (unpaired) electrons. The molecule has 0 saturated heterocycles. The molecule has 1 heterocycles. The molecule has 1 aromatic heterocycles. The van der Waals surface area contributed by atoms with Crippen molar-refractivity contribution in [3.8, 4) is 0 Å². The van der Waals surface area contributed by atoms with Gasteiger partial charge in [0.1, 0.15) is 0 Å². The number of carbonyl (C=O) groups is 2. The Bertz CT molecular complexity index is 855. The van der Waals surface area contributed by atoms with Gasteiger partial charge >= 0.3 is 0 Å². The molecule has 1 saturated carbocycles. The normalized spacial score (nSPS) is 13.4. The number of nitrogens with one attached hydrogen (secondary N) is 1. The molecule has 2 amide bonds. The van der Waals surface area contributed by atoms with Crippen molar-refractivity contribution in [1.82, 2.24) is 4.90 Å². The van der Waals surface area contributed by atoms with E-state index in [-0.39, 0.29) is 17.7 Å². The lowest BCUT2D eigenvalue weighted by atomic mass is 10.0. The second-order valence-electron chi connectivity index (χ2n) is 8.34. The zero-order valence-corrected chi connectivity index (χ0v) is 19.3. The van der Waals surface area contributed by atoms with Crippen molar-refractivity contribution in [2.75, 3.05) is 30.9 Å². The third-order valence-corrected chi connectivity index (χ3v) is 6.62. The molecule has 1 aliphatic carbocycles. The molecule has 1 aromatic carbocycles. The fraction of sp³-hybridized carbons (Fsp3) is 0.500. The van der Waals surface area contributed by atoms with Crippen molar-refractivity contribution >= 4 is 34.5 Å². The average Bonchev–Trinajstić information content (AvgIpc) is 3.36. The summed E-state index contributed by atoms with van der Waals surface area (Å²) in [6.07, 6.45) is 4.16.